The number of rotatable bonds is 1. The predicted molar refractivity (Wildman–Crippen MR) is 55.2 cm³/mol. The van der Waals surface area contributed by atoms with Crippen LogP contribution in [0.3, 0.4) is 0 Å². The van der Waals surface area contributed by atoms with E-state index in [0.29, 0.717) is 11.7 Å². The Hall–Kier alpha value is -1.11. The van der Waals surface area contributed by atoms with Gasteiger partial charge in [-0.3, -0.25) is 4.79 Å². The van der Waals surface area contributed by atoms with E-state index in [2.05, 4.69) is 31.2 Å². The molecule has 1 aromatic rings. The molecule has 1 nitrogen and oxygen atoms in total. The van der Waals surface area contributed by atoms with Gasteiger partial charge in [0.15, 0.2) is 0 Å². The Kier molecular flexibility index (Phi) is 1.45. The van der Waals surface area contributed by atoms with Gasteiger partial charge in [-0.05, 0) is 31.2 Å². The molecule has 0 spiro atoms. The van der Waals surface area contributed by atoms with Crippen molar-refractivity contribution in [2.45, 2.75) is 31.6 Å². The van der Waals surface area contributed by atoms with Crippen molar-refractivity contribution in [1.29, 1.82) is 0 Å². The number of carbonyl (C=O) groups excluding carboxylic acids is 1. The zero-order chi connectivity index (χ0) is 9.76. The lowest BCUT2D eigenvalue weighted by Gasteiger charge is -2.37. The van der Waals surface area contributed by atoms with Crippen LogP contribution in [0.2, 0.25) is 0 Å². The van der Waals surface area contributed by atoms with Gasteiger partial charge in [0.2, 0.25) is 0 Å². The lowest BCUT2D eigenvalue weighted by Crippen LogP contribution is -2.37. The van der Waals surface area contributed by atoms with E-state index in [1.54, 1.807) is 0 Å². The van der Waals surface area contributed by atoms with Crippen molar-refractivity contribution >= 4 is 5.78 Å². The van der Waals surface area contributed by atoms with E-state index < -0.39 is 0 Å². The zero-order valence-electron chi connectivity index (χ0n) is 8.42. The van der Waals surface area contributed by atoms with E-state index in [9.17, 15) is 4.79 Å². The lowest BCUT2D eigenvalue weighted by atomic mass is 9.65. The Balaban J connectivity index is 2.07. The first-order valence-corrected chi connectivity index (χ1v) is 5.31. The molecular weight excluding hydrogens is 172 g/mol. The van der Waals surface area contributed by atoms with Gasteiger partial charge in [-0.1, -0.05) is 29.8 Å². The Morgan fingerprint density at radius 3 is 2.71 bits per heavy atom. The molecule has 4 rings (SSSR count). The summed E-state index contributed by atoms with van der Waals surface area (Å²) in [7, 11) is 0. The number of ketones is 1. The quantitative estimate of drug-likeness (QED) is 0.659. The molecule has 3 saturated carbocycles. The Morgan fingerprint density at radius 1 is 1.36 bits per heavy atom. The van der Waals surface area contributed by atoms with E-state index in [0.717, 1.165) is 19.3 Å². The van der Waals surface area contributed by atoms with Crippen LogP contribution in [0.4, 0.5) is 0 Å². The summed E-state index contributed by atoms with van der Waals surface area (Å²) in [6.07, 6.45) is 3.04. The summed E-state index contributed by atoms with van der Waals surface area (Å²) < 4.78 is 0. The molecular formula is C13H14O. The second-order valence-corrected chi connectivity index (χ2v) is 4.85. The van der Waals surface area contributed by atoms with Gasteiger partial charge in [-0.15, -0.1) is 0 Å². The highest BCUT2D eigenvalue weighted by molar-refractivity contribution is 5.95. The molecule has 0 N–H and O–H groups in total. The van der Waals surface area contributed by atoms with Crippen molar-refractivity contribution < 1.29 is 4.79 Å². The number of carbonyl (C=O) groups is 1. The second-order valence-electron chi connectivity index (χ2n) is 4.85. The first-order chi connectivity index (χ1) is 6.71. The van der Waals surface area contributed by atoms with Crippen LogP contribution >= 0.6 is 0 Å². The molecule has 0 unspecified atom stereocenters. The van der Waals surface area contributed by atoms with Gasteiger partial charge in [0.25, 0.3) is 0 Å². The summed E-state index contributed by atoms with van der Waals surface area (Å²) >= 11 is 0. The number of hydrogen-bond donors (Lipinski definition) is 0. The largest absolute Gasteiger partial charge is 0.299 e. The summed E-state index contributed by atoms with van der Waals surface area (Å²) in [5, 5.41) is 0. The van der Waals surface area contributed by atoms with E-state index in [4.69, 9.17) is 0 Å². The molecule has 1 aromatic carbocycles. The smallest absolute Gasteiger partial charge is 0.143 e. The van der Waals surface area contributed by atoms with Gasteiger partial charge in [-0.2, -0.15) is 0 Å². The van der Waals surface area contributed by atoms with Gasteiger partial charge in [0.1, 0.15) is 5.78 Å². The average Bonchev–Trinajstić information content (AvgIpc) is 2.56. The Labute approximate surface area is 84.1 Å². The molecule has 0 aromatic heterocycles. The van der Waals surface area contributed by atoms with Gasteiger partial charge >= 0.3 is 0 Å². The number of benzene rings is 1. The molecule has 2 bridgehead atoms. The summed E-state index contributed by atoms with van der Waals surface area (Å²) in [6, 6.07) is 8.46. The summed E-state index contributed by atoms with van der Waals surface area (Å²) in [5.41, 5.74) is 2.47. The van der Waals surface area contributed by atoms with Crippen molar-refractivity contribution in [2.75, 3.05) is 0 Å². The van der Waals surface area contributed by atoms with Crippen LogP contribution in [0.1, 0.15) is 30.4 Å². The van der Waals surface area contributed by atoms with Crippen LogP contribution in [0.5, 0.6) is 0 Å². The Bertz CT molecular complexity index is 399. The normalized spacial score (nSPS) is 34.4. The van der Waals surface area contributed by atoms with Crippen molar-refractivity contribution in [1.82, 2.24) is 0 Å². The third kappa shape index (κ3) is 0.875. The number of aryl methyl sites for hydroxylation is 1. The monoisotopic (exact) mass is 186 g/mol. The van der Waals surface area contributed by atoms with E-state index in [1.807, 2.05) is 0 Å². The van der Waals surface area contributed by atoms with Gasteiger partial charge in [0, 0.05) is 6.42 Å². The maximum Gasteiger partial charge on any atom is 0.143 e. The first-order valence-electron chi connectivity index (χ1n) is 5.31. The van der Waals surface area contributed by atoms with Crippen LogP contribution in [0.15, 0.2) is 24.3 Å². The average molecular weight is 186 g/mol. The van der Waals surface area contributed by atoms with E-state index in [-0.39, 0.29) is 5.41 Å². The van der Waals surface area contributed by atoms with Gasteiger partial charge in [-0.25, -0.2) is 0 Å². The summed E-state index contributed by atoms with van der Waals surface area (Å²) in [4.78, 5) is 11.8. The highest BCUT2D eigenvalue weighted by Crippen LogP contribution is 2.57. The minimum absolute atomic E-state index is 0.0588. The molecule has 3 aliphatic carbocycles. The van der Waals surface area contributed by atoms with Crippen molar-refractivity contribution in [3.8, 4) is 0 Å². The van der Waals surface area contributed by atoms with Crippen molar-refractivity contribution in [3.63, 3.8) is 0 Å². The number of hydrogen-bond acceptors (Lipinski definition) is 1. The fourth-order valence-electron chi connectivity index (χ4n) is 3.09. The lowest BCUT2D eigenvalue weighted by molar-refractivity contribution is -0.121. The van der Waals surface area contributed by atoms with Crippen LogP contribution in [0.25, 0.3) is 0 Å². The molecule has 0 saturated heterocycles. The standard InChI is InChI=1S/C13H14O/c1-9-3-2-4-11(5-9)13-7-10(8-13)6-12(13)14/h2-5,10H,6-8H2,1H3. The SMILES string of the molecule is Cc1cccc(C23CC(CC2=O)C3)c1. The van der Waals surface area contributed by atoms with Crippen LogP contribution in [-0.2, 0) is 10.2 Å². The molecule has 14 heavy (non-hydrogen) atoms. The maximum atomic E-state index is 11.8. The van der Waals surface area contributed by atoms with Crippen LogP contribution in [0, 0.1) is 12.8 Å². The fourth-order valence-corrected chi connectivity index (χ4v) is 3.09. The van der Waals surface area contributed by atoms with Crippen LogP contribution in [-0.4, -0.2) is 5.78 Å². The summed E-state index contributed by atoms with van der Waals surface area (Å²) in [5.74, 6) is 1.18. The topological polar surface area (TPSA) is 17.1 Å². The molecule has 0 atom stereocenters. The third-order valence-electron chi connectivity index (χ3n) is 3.85. The van der Waals surface area contributed by atoms with E-state index in [1.165, 1.54) is 11.1 Å². The minimum Gasteiger partial charge on any atom is -0.299 e. The van der Waals surface area contributed by atoms with Crippen LogP contribution < -0.4 is 0 Å². The Morgan fingerprint density at radius 2 is 2.14 bits per heavy atom. The zero-order valence-corrected chi connectivity index (χ0v) is 8.42. The van der Waals surface area contributed by atoms with Gasteiger partial charge < -0.3 is 0 Å². The first kappa shape index (κ1) is 8.22. The van der Waals surface area contributed by atoms with E-state index >= 15 is 0 Å². The minimum atomic E-state index is -0.0588. The van der Waals surface area contributed by atoms with Gasteiger partial charge in [0.05, 0.1) is 5.41 Å². The number of fused-ring (bicyclic) bond motifs is 1. The second kappa shape index (κ2) is 2.47. The molecule has 0 aliphatic heterocycles. The molecule has 0 radical (unpaired) electrons. The highest BCUT2D eigenvalue weighted by Gasteiger charge is 2.57. The molecule has 72 valence electrons. The highest BCUT2D eigenvalue weighted by atomic mass is 16.1. The van der Waals surface area contributed by atoms with Crippen molar-refractivity contribution in [2.24, 2.45) is 5.92 Å². The number of Topliss-reactive ketones (excluding diaryl/α,β-unsaturated/α-hetero) is 1. The van der Waals surface area contributed by atoms with Crippen molar-refractivity contribution in [3.05, 3.63) is 35.4 Å². The predicted octanol–water partition coefficient (Wildman–Crippen LogP) is 2.62. The fraction of sp³-hybridized carbons (Fsp3) is 0.462. The third-order valence-corrected chi connectivity index (χ3v) is 3.85. The molecule has 3 aliphatic rings. The molecule has 0 amide bonds. The molecule has 1 heteroatoms. The molecule has 0 heterocycles. The summed E-state index contributed by atoms with van der Waals surface area (Å²) in [6.45, 7) is 2.09. The molecule has 3 fully saturated rings. The maximum absolute atomic E-state index is 11.8.